The Kier molecular flexibility index (Phi) is 6.21. The average molecular weight is 421 g/mol. The molecule has 1 aliphatic heterocycles. The average Bonchev–Trinajstić information content (AvgIpc) is 2.67. The summed E-state index contributed by atoms with van der Waals surface area (Å²) in [7, 11) is 0. The number of amides is 3. The van der Waals surface area contributed by atoms with E-state index in [1.807, 2.05) is 30.3 Å². The molecule has 1 atom stereocenters. The maximum atomic E-state index is 12.7. The number of hydrogen-bond acceptors (Lipinski definition) is 4. The Balaban J connectivity index is 1.80. The van der Waals surface area contributed by atoms with Gasteiger partial charge in [-0.2, -0.15) is 0 Å². The zero-order valence-electron chi connectivity index (χ0n) is 14.8. The number of alkyl carbamates (subject to hydrolysis) is 1. The number of piperidine rings is 1. The molecule has 0 aliphatic carbocycles. The van der Waals surface area contributed by atoms with Gasteiger partial charge in [-0.15, -0.1) is 0 Å². The molecule has 2 N–H and O–H groups in total. The Bertz CT molecular complexity index is 884. The molecule has 1 aliphatic rings. The number of imide groups is 1. The first kappa shape index (κ1) is 20.2. The van der Waals surface area contributed by atoms with Gasteiger partial charge >= 0.3 is 6.09 Å². The third kappa shape index (κ3) is 4.64. The normalized spacial score (nSPS) is 19.1. The van der Waals surface area contributed by atoms with Crippen molar-refractivity contribution < 1.29 is 19.1 Å². The van der Waals surface area contributed by atoms with Crippen LogP contribution in [0.5, 0.6) is 0 Å². The summed E-state index contributed by atoms with van der Waals surface area (Å²) in [6.45, 7) is 0.0517. The molecule has 3 rings (SSSR count). The quantitative estimate of drug-likeness (QED) is 0.723. The van der Waals surface area contributed by atoms with E-state index >= 15 is 0 Å². The summed E-state index contributed by atoms with van der Waals surface area (Å²) in [5, 5.41) is 5.65. The van der Waals surface area contributed by atoms with Crippen LogP contribution in [0, 0.1) is 0 Å². The fourth-order valence-electron chi connectivity index (χ4n) is 3.04. The number of rotatable bonds is 5. The van der Waals surface area contributed by atoms with E-state index in [-0.39, 0.29) is 25.9 Å². The summed E-state index contributed by atoms with van der Waals surface area (Å²) >= 11 is 12.5. The fraction of sp³-hybridized carbons (Fsp3) is 0.250. The molecule has 28 heavy (non-hydrogen) atoms. The lowest BCUT2D eigenvalue weighted by atomic mass is 9.83. The van der Waals surface area contributed by atoms with Gasteiger partial charge in [0.15, 0.2) is 0 Å². The molecule has 0 radical (unpaired) electrons. The van der Waals surface area contributed by atoms with Crippen LogP contribution in [0.3, 0.4) is 0 Å². The lowest BCUT2D eigenvalue weighted by Crippen LogP contribution is -2.64. The van der Waals surface area contributed by atoms with Crippen LogP contribution in [0.15, 0.2) is 48.5 Å². The Morgan fingerprint density at radius 3 is 2.39 bits per heavy atom. The number of nitrogens with one attached hydrogen (secondary N) is 2. The first-order valence-electron chi connectivity index (χ1n) is 8.66. The van der Waals surface area contributed by atoms with Gasteiger partial charge in [0.05, 0.1) is 0 Å². The van der Waals surface area contributed by atoms with Crippen LogP contribution >= 0.6 is 23.2 Å². The van der Waals surface area contributed by atoms with Crippen molar-refractivity contribution in [3.63, 3.8) is 0 Å². The first-order chi connectivity index (χ1) is 13.4. The van der Waals surface area contributed by atoms with Crippen molar-refractivity contribution >= 4 is 41.1 Å². The maximum Gasteiger partial charge on any atom is 0.408 e. The van der Waals surface area contributed by atoms with Gasteiger partial charge in [0.1, 0.15) is 12.1 Å². The third-order valence-electron chi connectivity index (χ3n) is 4.56. The van der Waals surface area contributed by atoms with Gasteiger partial charge in [-0.3, -0.25) is 14.9 Å². The molecule has 1 heterocycles. The molecule has 0 aromatic heterocycles. The van der Waals surface area contributed by atoms with E-state index < -0.39 is 23.4 Å². The van der Waals surface area contributed by atoms with Crippen LogP contribution in [0.1, 0.15) is 24.0 Å². The minimum Gasteiger partial charge on any atom is -0.445 e. The predicted molar refractivity (Wildman–Crippen MR) is 105 cm³/mol. The summed E-state index contributed by atoms with van der Waals surface area (Å²) in [5.41, 5.74) is -0.0705. The van der Waals surface area contributed by atoms with Gasteiger partial charge < -0.3 is 10.1 Å². The highest BCUT2D eigenvalue weighted by molar-refractivity contribution is 6.36. The zero-order valence-corrected chi connectivity index (χ0v) is 16.3. The molecule has 2 aromatic carbocycles. The van der Waals surface area contributed by atoms with Gasteiger partial charge in [0.2, 0.25) is 5.91 Å². The minimum absolute atomic E-state index is 0.0328. The van der Waals surface area contributed by atoms with Gasteiger partial charge in [-0.25, -0.2) is 4.79 Å². The smallest absolute Gasteiger partial charge is 0.408 e. The molecule has 0 spiro atoms. The number of carbonyl (C=O) groups is 3. The third-order valence-corrected chi connectivity index (χ3v) is 5.27. The van der Waals surface area contributed by atoms with Crippen molar-refractivity contribution in [1.29, 1.82) is 0 Å². The second-order valence-electron chi connectivity index (χ2n) is 6.52. The molecule has 3 amide bonds. The van der Waals surface area contributed by atoms with Crippen LogP contribution in [-0.2, 0) is 27.4 Å². The van der Waals surface area contributed by atoms with E-state index in [0.717, 1.165) is 5.56 Å². The van der Waals surface area contributed by atoms with E-state index in [2.05, 4.69) is 10.6 Å². The molecule has 1 fully saturated rings. The van der Waals surface area contributed by atoms with Crippen molar-refractivity contribution in [3.8, 4) is 0 Å². The molecule has 0 saturated carbocycles. The number of halogens is 2. The summed E-state index contributed by atoms with van der Waals surface area (Å²) in [6.07, 6.45) is -0.547. The second-order valence-corrected chi connectivity index (χ2v) is 7.34. The number of ether oxygens (including phenoxy) is 1. The van der Waals surface area contributed by atoms with Gasteiger partial charge in [0.25, 0.3) is 5.91 Å². The topological polar surface area (TPSA) is 84.5 Å². The summed E-state index contributed by atoms with van der Waals surface area (Å²) in [5.74, 6) is -1.01. The lowest BCUT2D eigenvalue weighted by Gasteiger charge is -2.36. The first-order valence-corrected chi connectivity index (χ1v) is 9.41. The number of hydrogen-bond donors (Lipinski definition) is 2. The highest BCUT2D eigenvalue weighted by Crippen LogP contribution is 2.31. The maximum absolute atomic E-state index is 12.7. The monoisotopic (exact) mass is 420 g/mol. The van der Waals surface area contributed by atoms with E-state index in [4.69, 9.17) is 27.9 Å². The molecule has 0 unspecified atom stereocenters. The molecule has 8 heteroatoms. The van der Waals surface area contributed by atoms with Crippen LogP contribution in [-0.4, -0.2) is 23.4 Å². The second kappa shape index (κ2) is 8.63. The van der Waals surface area contributed by atoms with Crippen molar-refractivity contribution in [2.45, 2.75) is 31.4 Å². The zero-order chi connectivity index (χ0) is 20.1. The van der Waals surface area contributed by atoms with Crippen LogP contribution in [0.25, 0.3) is 0 Å². The van der Waals surface area contributed by atoms with Crippen molar-refractivity contribution in [2.24, 2.45) is 0 Å². The van der Waals surface area contributed by atoms with Gasteiger partial charge in [0, 0.05) is 22.9 Å². The largest absolute Gasteiger partial charge is 0.445 e. The van der Waals surface area contributed by atoms with E-state index in [1.165, 1.54) is 0 Å². The fourth-order valence-corrected chi connectivity index (χ4v) is 3.57. The Labute approximate surface area is 172 Å². The Morgan fingerprint density at radius 2 is 1.75 bits per heavy atom. The summed E-state index contributed by atoms with van der Waals surface area (Å²) in [4.78, 5) is 36.7. The predicted octanol–water partition coefficient (Wildman–Crippen LogP) is 3.64. The highest BCUT2D eigenvalue weighted by Gasteiger charge is 2.45. The van der Waals surface area contributed by atoms with E-state index in [1.54, 1.807) is 18.2 Å². The van der Waals surface area contributed by atoms with Crippen LogP contribution < -0.4 is 10.6 Å². The molecule has 0 bridgehead atoms. The summed E-state index contributed by atoms with van der Waals surface area (Å²) < 4.78 is 5.25. The Morgan fingerprint density at radius 1 is 1.07 bits per heavy atom. The molecule has 146 valence electrons. The molecule has 6 nitrogen and oxygen atoms in total. The SMILES string of the molecule is O=C1CC[C@@](Cc2c(Cl)cccc2Cl)(NC(=O)OCc2ccccc2)C(=O)N1. The molecular formula is C20H18Cl2N2O4. The van der Waals surface area contributed by atoms with Gasteiger partial charge in [-0.1, -0.05) is 59.6 Å². The highest BCUT2D eigenvalue weighted by atomic mass is 35.5. The molecular weight excluding hydrogens is 403 g/mol. The molecule has 2 aromatic rings. The van der Waals surface area contributed by atoms with Gasteiger partial charge in [-0.05, 0) is 29.7 Å². The van der Waals surface area contributed by atoms with Crippen LogP contribution in [0.2, 0.25) is 10.0 Å². The summed E-state index contributed by atoms with van der Waals surface area (Å²) in [6, 6.07) is 14.1. The van der Waals surface area contributed by atoms with Crippen LogP contribution in [0.4, 0.5) is 4.79 Å². The van der Waals surface area contributed by atoms with E-state index in [9.17, 15) is 14.4 Å². The Hall–Kier alpha value is -2.57. The van der Waals surface area contributed by atoms with Crippen molar-refractivity contribution in [3.05, 3.63) is 69.7 Å². The molecule has 1 saturated heterocycles. The standard InChI is InChI=1S/C20H18Cl2N2O4/c21-15-7-4-8-16(22)14(15)11-20(10-9-17(25)23-18(20)26)24-19(27)28-12-13-5-2-1-3-6-13/h1-8H,9-12H2,(H,24,27)(H,23,25,26)/t20-/m0/s1. The number of carbonyl (C=O) groups excluding carboxylic acids is 3. The lowest BCUT2D eigenvalue weighted by molar-refractivity contribution is -0.138. The number of benzene rings is 2. The van der Waals surface area contributed by atoms with E-state index in [0.29, 0.717) is 15.6 Å². The minimum atomic E-state index is -1.39. The van der Waals surface area contributed by atoms with Crippen molar-refractivity contribution in [1.82, 2.24) is 10.6 Å². The van der Waals surface area contributed by atoms with Crippen molar-refractivity contribution in [2.75, 3.05) is 0 Å².